The Labute approximate surface area is 71.0 Å². The van der Waals surface area contributed by atoms with Gasteiger partial charge in [0.1, 0.15) is 0 Å². The molecule has 0 N–H and O–H groups in total. The maximum atomic E-state index is 3.69. The Morgan fingerprint density at radius 1 is 1.00 bits per heavy atom. The van der Waals surface area contributed by atoms with Gasteiger partial charge in [-0.2, -0.15) is 0 Å². The first-order chi connectivity index (χ1) is 5.41. The van der Waals surface area contributed by atoms with Crippen LogP contribution in [0.2, 0.25) is 0 Å². The molecule has 0 rings (SSSR count). The van der Waals surface area contributed by atoms with Crippen molar-refractivity contribution in [3.05, 3.63) is 24.8 Å². The van der Waals surface area contributed by atoms with Crippen molar-refractivity contribution in [2.24, 2.45) is 0 Å². The number of hydrogen-bond donors (Lipinski definition) is 0. The van der Waals surface area contributed by atoms with E-state index in [0.29, 0.717) is 0 Å². The molecular formula is C11H20. The third-order valence-electron chi connectivity index (χ3n) is 1.68. The van der Waals surface area contributed by atoms with Gasteiger partial charge in [-0.05, 0) is 32.1 Å². The zero-order valence-corrected chi connectivity index (χ0v) is 7.68. The molecule has 0 bridgehead atoms. The molecule has 0 nitrogen and oxygen atoms in total. The van der Waals surface area contributed by atoms with Crippen molar-refractivity contribution in [2.45, 2.75) is 45.4 Å². The number of allylic oxidation sites excluding steroid dienone is 3. The van der Waals surface area contributed by atoms with Crippen LogP contribution >= 0.6 is 0 Å². The smallest absolute Gasteiger partial charge is 0.0351 e. The Hall–Kier alpha value is -0.520. The van der Waals surface area contributed by atoms with E-state index in [0.717, 1.165) is 0 Å². The van der Waals surface area contributed by atoms with Crippen molar-refractivity contribution in [3.8, 4) is 0 Å². The fourth-order valence-electron chi connectivity index (χ4n) is 1.01. The summed E-state index contributed by atoms with van der Waals surface area (Å²) >= 11 is 0. The minimum Gasteiger partial charge on any atom is -0.103 e. The highest BCUT2D eigenvalue weighted by molar-refractivity contribution is 4.79. The topological polar surface area (TPSA) is 0 Å². The molecule has 0 aliphatic rings. The van der Waals surface area contributed by atoms with E-state index in [1.54, 1.807) is 0 Å². The molecule has 0 aliphatic heterocycles. The third-order valence-corrected chi connectivity index (χ3v) is 1.68. The second kappa shape index (κ2) is 9.48. The van der Waals surface area contributed by atoms with Crippen molar-refractivity contribution >= 4 is 0 Å². The lowest BCUT2D eigenvalue weighted by Crippen LogP contribution is -1.73. The lowest BCUT2D eigenvalue weighted by molar-refractivity contribution is 0.696. The van der Waals surface area contributed by atoms with Gasteiger partial charge in [0.15, 0.2) is 0 Å². The van der Waals surface area contributed by atoms with Gasteiger partial charge in [0.05, 0.1) is 0 Å². The zero-order chi connectivity index (χ0) is 8.36. The quantitative estimate of drug-likeness (QED) is 0.381. The standard InChI is InChI=1S/C11H20/c1-3-5-7-9-11-10-8-6-4-2/h3,6,8H,1,4-5,7,9-11H2,2H3. The summed E-state index contributed by atoms with van der Waals surface area (Å²) in [5.74, 6) is 0. The van der Waals surface area contributed by atoms with E-state index in [1.165, 1.54) is 38.5 Å². The average Bonchev–Trinajstić information content (AvgIpc) is 2.03. The summed E-state index contributed by atoms with van der Waals surface area (Å²) in [6, 6.07) is 0. The molecule has 0 spiro atoms. The largest absolute Gasteiger partial charge is 0.103 e. The van der Waals surface area contributed by atoms with Gasteiger partial charge in [-0.25, -0.2) is 0 Å². The summed E-state index contributed by atoms with van der Waals surface area (Å²) < 4.78 is 0. The Balaban J connectivity index is 2.90. The molecular weight excluding hydrogens is 132 g/mol. The van der Waals surface area contributed by atoms with Gasteiger partial charge in [-0.3, -0.25) is 0 Å². The first kappa shape index (κ1) is 10.5. The van der Waals surface area contributed by atoms with Crippen LogP contribution in [0.1, 0.15) is 45.4 Å². The highest BCUT2D eigenvalue weighted by atomic mass is 13.9. The monoisotopic (exact) mass is 152 g/mol. The van der Waals surface area contributed by atoms with Crippen molar-refractivity contribution in [1.29, 1.82) is 0 Å². The van der Waals surface area contributed by atoms with Crippen LogP contribution in [0.5, 0.6) is 0 Å². The van der Waals surface area contributed by atoms with E-state index in [-0.39, 0.29) is 0 Å². The zero-order valence-electron chi connectivity index (χ0n) is 7.68. The van der Waals surface area contributed by atoms with Crippen LogP contribution in [0.4, 0.5) is 0 Å². The molecule has 0 aliphatic carbocycles. The Kier molecular flexibility index (Phi) is 9.03. The van der Waals surface area contributed by atoms with E-state index in [1.807, 2.05) is 6.08 Å². The normalized spacial score (nSPS) is 10.6. The second-order valence-corrected chi connectivity index (χ2v) is 2.81. The van der Waals surface area contributed by atoms with E-state index in [9.17, 15) is 0 Å². The molecule has 0 saturated carbocycles. The molecule has 0 radical (unpaired) electrons. The highest BCUT2D eigenvalue weighted by Crippen LogP contribution is 2.03. The Morgan fingerprint density at radius 2 is 1.73 bits per heavy atom. The van der Waals surface area contributed by atoms with Crippen LogP contribution in [0.3, 0.4) is 0 Å². The summed E-state index contributed by atoms with van der Waals surface area (Å²) in [7, 11) is 0. The lowest BCUT2D eigenvalue weighted by Gasteiger charge is -1.93. The van der Waals surface area contributed by atoms with Crippen LogP contribution in [0.25, 0.3) is 0 Å². The summed E-state index contributed by atoms with van der Waals surface area (Å²) in [5, 5.41) is 0. The van der Waals surface area contributed by atoms with Crippen LogP contribution in [0.15, 0.2) is 24.8 Å². The van der Waals surface area contributed by atoms with E-state index < -0.39 is 0 Å². The lowest BCUT2D eigenvalue weighted by atomic mass is 10.1. The Morgan fingerprint density at radius 3 is 2.36 bits per heavy atom. The molecule has 0 unspecified atom stereocenters. The summed E-state index contributed by atoms with van der Waals surface area (Å²) in [6.45, 7) is 5.87. The van der Waals surface area contributed by atoms with Crippen LogP contribution in [-0.2, 0) is 0 Å². The number of hydrogen-bond acceptors (Lipinski definition) is 0. The molecule has 0 amide bonds. The van der Waals surface area contributed by atoms with Crippen LogP contribution in [0, 0.1) is 0 Å². The van der Waals surface area contributed by atoms with Crippen LogP contribution < -0.4 is 0 Å². The van der Waals surface area contributed by atoms with Gasteiger partial charge < -0.3 is 0 Å². The van der Waals surface area contributed by atoms with Crippen molar-refractivity contribution in [3.63, 3.8) is 0 Å². The number of rotatable bonds is 7. The van der Waals surface area contributed by atoms with Gasteiger partial charge >= 0.3 is 0 Å². The van der Waals surface area contributed by atoms with Gasteiger partial charge in [-0.15, -0.1) is 6.58 Å². The predicted molar refractivity (Wildman–Crippen MR) is 52.7 cm³/mol. The maximum Gasteiger partial charge on any atom is -0.0351 e. The van der Waals surface area contributed by atoms with Crippen molar-refractivity contribution in [1.82, 2.24) is 0 Å². The SMILES string of the molecule is C=CCCCCCC=CCC. The van der Waals surface area contributed by atoms with E-state index in [2.05, 4.69) is 25.7 Å². The second-order valence-electron chi connectivity index (χ2n) is 2.81. The summed E-state index contributed by atoms with van der Waals surface area (Å²) in [4.78, 5) is 0. The van der Waals surface area contributed by atoms with Gasteiger partial charge in [0.25, 0.3) is 0 Å². The molecule has 0 atom stereocenters. The van der Waals surface area contributed by atoms with E-state index >= 15 is 0 Å². The van der Waals surface area contributed by atoms with Gasteiger partial charge in [-0.1, -0.05) is 31.6 Å². The first-order valence-electron chi connectivity index (χ1n) is 4.67. The molecule has 0 aromatic rings. The average molecular weight is 152 g/mol. The Bertz CT molecular complexity index is 101. The molecule has 0 aromatic carbocycles. The molecule has 11 heavy (non-hydrogen) atoms. The molecule has 0 heterocycles. The maximum absolute atomic E-state index is 3.69. The number of unbranched alkanes of at least 4 members (excludes halogenated alkanes) is 4. The molecule has 0 heteroatoms. The third kappa shape index (κ3) is 9.48. The predicted octanol–water partition coefficient (Wildman–Crippen LogP) is 4.09. The fourth-order valence-corrected chi connectivity index (χ4v) is 1.01. The molecule has 0 fully saturated rings. The minimum atomic E-state index is 1.17. The van der Waals surface area contributed by atoms with Crippen molar-refractivity contribution in [2.75, 3.05) is 0 Å². The fraction of sp³-hybridized carbons (Fsp3) is 0.636. The molecule has 0 aromatic heterocycles. The van der Waals surface area contributed by atoms with Gasteiger partial charge in [0.2, 0.25) is 0 Å². The minimum absolute atomic E-state index is 1.17. The summed E-state index contributed by atoms with van der Waals surface area (Å²) in [6.07, 6.45) is 14.1. The van der Waals surface area contributed by atoms with Gasteiger partial charge in [0, 0.05) is 0 Å². The van der Waals surface area contributed by atoms with E-state index in [4.69, 9.17) is 0 Å². The molecule has 0 saturated heterocycles. The molecule has 64 valence electrons. The summed E-state index contributed by atoms with van der Waals surface area (Å²) in [5.41, 5.74) is 0. The first-order valence-corrected chi connectivity index (χ1v) is 4.67. The highest BCUT2D eigenvalue weighted by Gasteiger charge is 1.83. The van der Waals surface area contributed by atoms with Crippen molar-refractivity contribution < 1.29 is 0 Å². The van der Waals surface area contributed by atoms with Crippen LogP contribution in [-0.4, -0.2) is 0 Å².